The Kier molecular flexibility index (Phi) is 1.92. The Bertz CT molecular complexity index is 130. The molecule has 2 rings (SSSR count). The van der Waals surface area contributed by atoms with Crippen molar-refractivity contribution in [2.24, 2.45) is 17.8 Å². The number of hydrogen-bond donors (Lipinski definition) is 0. The van der Waals surface area contributed by atoms with Gasteiger partial charge >= 0.3 is 0 Å². The van der Waals surface area contributed by atoms with Gasteiger partial charge in [-0.2, -0.15) is 0 Å². The monoisotopic (exact) mass is 153 g/mol. The zero-order valence-electron chi connectivity index (χ0n) is 7.71. The first kappa shape index (κ1) is 7.60. The fourth-order valence-corrected chi connectivity index (χ4v) is 2.99. The number of rotatable bonds is 1. The highest BCUT2D eigenvalue weighted by Gasteiger charge is 2.38. The summed E-state index contributed by atoms with van der Waals surface area (Å²) in [5, 5.41) is 0. The summed E-state index contributed by atoms with van der Waals surface area (Å²) in [7, 11) is 2.26. The summed E-state index contributed by atoms with van der Waals surface area (Å²) in [5.41, 5.74) is 0. The van der Waals surface area contributed by atoms with Gasteiger partial charge in [-0.05, 0) is 37.6 Å². The molecule has 1 saturated carbocycles. The predicted molar refractivity (Wildman–Crippen MR) is 47.5 cm³/mol. The van der Waals surface area contributed by atoms with Crippen LogP contribution in [0.25, 0.3) is 0 Å². The van der Waals surface area contributed by atoms with E-state index in [1.54, 1.807) is 0 Å². The van der Waals surface area contributed by atoms with Crippen LogP contribution < -0.4 is 0 Å². The molecule has 1 saturated heterocycles. The van der Waals surface area contributed by atoms with Gasteiger partial charge < -0.3 is 4.90 Å². The molecule has 3 atom stereocenters. The van der Waals surface area contributed by atoms with Gasteiger partial charge in [-0.25, -0.2) is 0 Å². The lowest BCUT2D eigenvalue weighted by Crippen LogP contribution is -2.16. The van der Waals surface area contributed by atoms with Gasteiger partial charge in [-0.1, -0.05) is 13.3 Å². The van der Waals surface area contributed by atoms with E-state index in [0.29, 0.717) is 0 Å². The molecule has 2 fully saturated rings. The molecule has 0 aromatic carbocycles. The maximum absolute atomic E-state index is 2.50. The van der Waals surface area contributed by atoms with Crippen molar-refractivity contribution in [3.8, 4) is 0 Å². The van der Waals surface area contributed by atoms with Crippen molar-refractivity contribution < 1.29 is 0 Å². The van der Waals surface area contributed by atoms with E-state index in [1.807, 2.05) is 0 Å². The van der Waals surface area contributed by atoms with Crippen LogP contribution in [0.5, 0.6) is 0 Å². The molecule has 1 heterocycles. The summed E-state index contributed by atoms with van der Waals surface area (Å²) in [6.07, 6.45) is 4.45. The topological polar surface area (TPSA) is 3.24 Å². The molecule has 0 aromatic rings. The van der Waals surface area contributed by atoms with Crippen LogP contribution in [0.1, 0.15) is 26.2 Å². The maximum atomic E-state index is 2.50. The summed E-state index contributed by atoms with van der Waals surface area (Å²) in [4.78, 5) is 2.50. The van der Waals surface area contributed by atoms with Crippen molar-refractivity contribution in [3.05, 3.63) is 0 Å². The van der Waals surface area contributed by atoms with Crippen molar-refractivity contribution in [3.63, 3.8) is 0 Å². The third kappa shape index (κ3) is 1.31. The smallest absolute Gasteiger partial charge is 0.000996 e. The Labute approximate surface area is 69.8 Å². The lowest BCUT2D eigenvalue weighted by Gasteiger charge is -2.11. The Morgan fingerprint density at radius 3 is 2.18 bits per heavy atom. The van der Waals surface area contributed by atoms with Gasteiger partial charge in [0.1, 0.15) is 0 Å². The third-order valence-corrected chi connectivity index (χ3v) is 3.61. The minimum absolute atomic E-state index is 1.06. The lowest BCUT2D eigenvalue weighted by atomic mass is 10.0. The molecule has 11 heavy (non-hydrogen) atoms. The normalized spacial score (nSPS) is 44.7. The van der Waals surface area contributed by atoms with E-state index in [4.69, 9.17) is 0 Å². The van der Waals surface area contributed by atoms with E-state index in [9.17, 15) is 0 Å². The quantitative estimate of drug-likeness (QED) is 0.557. The van der Waals surface area contributed by atoms with Crippen molar-refractivity contribution in [2.45, 2.75) is 26.2 Å². The fourth-order valence-electron chi connectivity index (χ4n) is 2.99. The number of fused-ring (bicyclic) bond motifs is 1. The second kappa shape index (κ2) is 2.78. The van der Waals surface area contributed by atoms with Crippen LogP contribution in [-0.4, -0.2) is 25.0 Å². The Hall–Kier alpha value is -0.0400. The van der Waals surface area contributed by atoms with Gasteiger partial charge in [-0.15, -0.1) is 0 Å². The molecule has 0 N–H and O–H groups in total. The maximum Gasteiger partial charge on any atom is 0.000996 e. The van der Waals surface area contributed by atoms with Gasteiger partial charge in [0, 0.05) is 13.1 Å². The zero-order valence-corrected chi connectivity index (χ0v) is 7.71. The van der Waals surface area contributed by atoms with E-state index in [-0.39, 0.29) is 0 Å². The van der Waals surface area contributed by atoms with Crippen LogP contribution in [0.15, 0.2) is 0 Å². The molecule has 1 heteroatoms. The summed E-state index contributed by atoms with van der Waals surface area (Å²) < 4.78 is 0. The number of nitrogens with zero attached hydrogens (tertiary/aromatic N) is 1. The first-order valence-electron chi connectivity index (χ1n) is 4.98. The summed E-state index contributed by atoms with van der Waals surface area (Å²) in [6, 6.07) is 0. The van der Waals surface area contributed by atoms with Crippen molar-refractivity contribution in [1.29, 1.82) is 0 Å². The van der Waals surface area contributed by atoms with Crippen LogP contribution in [0.4, 0.5) is 0 Å². The van der Waals surface area contributed by atoms with E-state index in [1.165, 1.54) is 32.4 Å². The molecular formula is C10H19N. The van der Waals surface area contributed by atoms with E-state index in [2.05, 4.69) is 18.9 Å². The summed E-state index contributed by atoms with van der Waals surface area (Å²) in [6.45, 7) is 5.10. The highest BCUT2D eigenvalue weighted by molar-refractivity contribution is 4.90. The molecule has 1 nitrogen and oxygen atoms in total. The third-order valence-electron chi connectivity index (χ3n) is 3.61. The molecule has 2 aliphatic rings. The van der Waals surface area contributed by atoms with Crippen LogP contribution >= 0.6 is 0 Å². The molecule has 0 aromatic heterocycles. The molecule has 0 radical (unpaired) electrons. The molecule has 1 aliphatic carbocycles. The Balaban J connectivity index is 1.93. The van der Waals surface area contributed by atoms with Crippen molar-refractivity contribution in [1.82, 2.24) is 4.90 Å². The molecule has 64 valence electrons. The first-order chi connectivity index (χ1) is 5.29. The number of likely N-dealkylation sites (tertiary alicyclic amines) is 1. The average Bonchev–Trinajstić information content (AvgIpc) is 2.43. The molecule has 1 aliphatic heterocycles. The van der Waals surface area contributed by atoms with Crippen LogP contribution in [0.3, 0.4) is 0 Å². The molecular weight excluding hydrogens is 134 g/mol. The minimum Gasteiger partial charge on any atom is -0.306 e. The van der Waals surface area contributed by atoms with E-state index >= 15 is 0 Å². The van der Waals surface area contributed by atoms with Crippen molar-refractivity contribution in [2.75, 3.05) is 20.1 Å². The molecule has 0 bridgehead atoms. The second-order valence-corrected chi connectivity index (χ2v) is 4.49. The molecule has 0 amide bonds. The van der Waals surface area contributed by atoms with Crippen LogP contribution in [0.2, 0.25) is 0 Å². The van der Waals surface area contributed by atoms with Crippen molar-refractivity contribution >= 4 is 0 Å². The Morgan fingerprint density at radius 1 is 1.18 bits per heavy atom. The molecule has 0 unspecified atom stereocenters. The lowest BCUT2D eigenvalue weighted by molar-refractivity contribution is 0.351. The van der Waals surface area contributed by atoms with E-state index < -0.39 is 0 Å². The SMILES string of the molecule is CC[C@@H]1C[C@@H]2CN(C)C[C@@H]2C1. The van der Waals surface area contributed by atoms with Gasteiger partial charge in [0.2, 0.25) is 0 Å². The summed E-state index contributed by atoms with van der Waals surface area (Å²) in [5.74, 6) is 3.19. The van der Waals surface area contributed by atoms with Crippen LogP contribution in [-0.2, 0) is 0 Å². The Morgan fingerprint density at radius 2 is 1.73 bits per heavy atom. The second-order valence-electron chi connectivity index (χ2n) is 4.49. The van der Waals surface area contributed by atoms with Crippen LogP contribution in [0, 0.1) is 17.8 Å². The zero-order chi connectivity index (χ0) is 7.84. The highest BCUT2D eigenvalue weighted by atomic mass is 15.1. The number of hydrogen-bond acceptors (Lipinski definition) is 1. The minimum atomic E-state index is 1.06. The average molecular weight is 153 g/mol. The van der Waals surface area contributed by atoms with Gasteiger partial charge in [-0.3, -0.25) is 0 Å². The van der Waals surface area contributed by atoms with Gasteiger partial charge in [0.15, 0.2) is 0 Å². The highest BCUT2D eigenvalue weighted by Crippen LogP contribution is 2.41. The standard InChI is InChI=1S/C10H19N/c1-3-8-4-9-6-11(2)7-10(9)5-8/h8-10H,3-7H2,1-2H3/t8-,9-,10+. The van der Waals surface area contributed by atoms with E-state index in [0.717, 1.165) is 17.8 Å². The molecule has 0 spiro atoms. The largest absolute Gasteiger partial charge is 0.306 e. The van der Waals surface area contributed by atoms with Gasteiger partial charge in [0.25, 0.3) is 0 Å². The fraction of sp³-hybridized carbons (Fsp3) is 1.00. The van der Waals surface area contributed by atoms with Gasteiger partial charge in [0.05, 0.1) is 0 Å². The first-order valence-corrected chi connectivity index (χ1v) is 4.98. The summed E-state index contributed by atoms with van der Waals surface area (Å²) >= 11 is 0. The predicted octanol–water partition coefficient (Wildman–Crippen LogP) is 1.98.